The minimum Gasteiger partial charge on any atom is -0.490 e. The van der Waals surface area contributed by atoms with E-state index in [1.165, 1.54) is 28.9 Å². The highest BCUT2D eigenvalue weighted by Gasteiger charge is 2.16. The van der Waals surface area contributed by atoms with Crippen molar-refractivity contribution < 1.29 is 13.9 Å². The molecule has 0 bridgehead atoms. The fraction of sp³-hybridized carbons (Fsp3) is 0.174. The minimum absolute atomic E-state index is 0.201. The number of hydrogen-bond donors (Lipinski definition) is 2. The van der Waals surface area contributed by atoms with Crippen LogP contribution in [0.5, 0.6) is 5.75 Å². The molecule has 8 heteroatoms. The van der Waals surface area contributed by atoms with Crippen molar-refractivity contribution in [3.05, 3.63) is 83.8 Å². The highest BCUT2D eigenvalue weighted by Crippen LogP contribution is 2.21. The number of benzene rings is 2. The zero-order valence-corrected chi connectivity index (χ0v) is 16.8. The van der Waals surface area contributed by atoms with Gasteiger partial charge in [-0.3, -0.25) is 4.79 Å². The van der Waals surface area contributed by atoms with Crippen molar-refractivity contribution in [3.63, 3.8) is 0 Å². The van der Waals surface area contributed by atoms with Gasteiger partial charge in [0.15, 0.2) is 0 Å². The topological polar surface area (TPSA) is 106 Å². The Morgan fingerprint density at radius 3 is 2.61 bits per heavy atom. The number of nitrogens with zero attached hydrogens (tertiary/aromatic N) is 3. The summed E-state index contributed by atoms with van der Waals surface area (Å²) in [4.78, 5) is 12.3. The third kappa shape index (κ3) is 5.28. The Morgan fingerprint density at radius 1 is 1.26 bits per heavy atom. The number of nitrogens with one attached hydrogen (secondary N) is 1. The molecule has 2 aromatic carbocycles. The Kier molecular flexibility index (Phi) is 7.01. The number of aromatic nitrogens is 2. The van der Waals surface area contributed by atoms with Crippen LogP contribution < -0.4 is 15.8 Å². The number of hydrogen-bond acceptors (Lipinski definition) is 5. The van der Waals surface area contributed by atoms with Crippen molar-refractivity contribution in [3.8, 4) is 17.5 Å². The molecule has 0 aliphatic rings. The molecule has 158 valence electrons. The molecule has 0 radical (unpaired) electrons. The quantitative estimate of drug-likeness (QED) is 0.408. The SMILES string of the molecule is C=CCOc1ccc(C(=O)NCCCc2nn(-c3ccc(F)cc3)c(N)c2C#N)cc1. The maximum atomic E-state index is 13.2. The van der Waals surface area contributed by atoms with Crippen LogP contribution in [0.1, 0.15) is 28.0 Å². The van der Waals surface area contributed by atoms with Gasteiger partial charge >= 0.3 is 0 Å². The van der Waals surface area contributed by atoms with E-state index in [1.807, 2.05) is 0 Å². The van der Waals surface area contributed by atoms with Gasteiger partial charge in [-0.1, -0.05) is 12.7 Å². The zero-order valence-electron chi connectivity index (χ0n) is 16.8. The molecule has 0 spiro atoms. The number of rotatable bonds is 9. The first-order valence-electron chi connectivity index (χ1n) is 9.69. The fourth-order valence-corrected chi connectivity index (χ4v) is 2.97. The Labute approximate surface area is 179 Å². The van der Waals surface area contributed by atoms with Gasteiger partial charge in [-0.05, 0) is 61.4 Å². The lowest BCUT2D eigenvalue weighted by Crippen LogP contribution is -2.24. The van der Waals surface area contributed by atoms with E-state index in [4.69, 9.17) is 10.5 Å². The molecular formula is C23H22FN5O2. The average Bonchev–Trinajstić information content (AvgIpc) is 3.11. The molecule has 0 saturated heterocycles. The van der Waals surface area contributed by atoms with Crippen LogP contribution in [-0.4, -0.2) is 28.8 Å². The van der Waals surface area contributed by atoms with Crippen LogP contribution in [-0.2, 0) is 6.42 Å². The van der Waals surface area contributed by atoms with Gasteiger partial charge in [-0.2, -0.15) is 10.4 Å². The molecule has 0 fully saturated rings. The number of anilines is 1. The summed E-state index contributed by atoms with van der Waals surface area (Å²) in [6.07, 6.45) is 2.67. The summed E-state index contributed by atoms with van der Waals surface area (Å²) in [6, 6.07) is 14.6. The summed E-state index contributed by atoms with van der Waals surface area (Å²) in [5.41, 5.74) is 7.95. The molecule has 3 N–H and O–H groups in total. The number of nitrogens with two attached hydrogens (primary N) is 1. The Balaban J connectivity index is 1.57. The fourth-order valence-electron chi connectivity index (χ4n) is 2.97. The molecule has 1 heterocycles. The van der Waals surface area contributed by atoms with Gasteiger partial charge < -0.3 is 15.8 Å². The van der Waals surface area contributed by atoms with E-state index in [2.05, 4.69) is 23.1 Å². The van der Waals surface area contributed by atoms with E-state index in [1.54, 1.807) is 30.3 Å². The number of nitrogen functional groups attached to an aromatic ring is 1. The molecular weight excluding hydrogens is 397 g/mol. The summed E-state index contributed by atoms with van der Waals surface area (Å²) in [5, 5.41) is 16.7. The normalized spacial score (nSPS) is 10.3. The maximum absolute atomic E-state index is 13.2. The smallest absolute Gasteiger partial charge is 0.251 e. The van der Waals surface area contributed by atoms with Crippen molar-refractivity contribution >= 4 is 11.7 Å². The Morgan fingerprint density at radius 2 is 1.97 bits per heavy atom. The molecule has 0 aliphatic carbocycles. The summed E-state index contributed by atoms with van der Waals surface area (Å²) in [6.45, 7) is 4.39. The summed E-state index contributed by atoms with van der Waals surface area (Å²) < 4.78 is 20.0. The van der Waals surface area contributed by atoms with Gasteiger partial charge in [0.25, 0.3) is 5.91 Å². The number of carbonyl (C=O) groups is 1. The summed E-state index contributed by atoms with van der Waals surface area (Å²) >= 11 is 0. The lowest BCUT2D eigenvalue weighted by molar-refractivity contribution is 0.0953. The van der Waals surface area contributed by atoms with Gasteiger partial charge in [0.2, 0.25) is 0 Å². The van der Waals surface area contributed by atoms with Crippen LogP contribution in [0.2, 0.25) is 0 Å². The second-order valence-corrected chi connectivity index (χ2v) is 6.69. The van der Waals surface area contributed by atoms with Crippen LogP contribution >= 0.6 is 0 Å². The maximum Gasteiger partial charge on any atom is 0.251 e. The van der Waals surface area contributed by atoms with Crippen LogP contribution in [0.15, 0.2) is 61.2 Å². The molecule has 31 heavy (non-hydrogen) atoms. The molecule has 7 nitrogen and oxygen atoms in total. The highest BCUT2D eigenvalue weighted by molar-refractivity contribution is 5.94. The van der Waals surface area contributed by atoms with E-state index in [9.17, 15) is 14.4 Å². The number of nitriles is 1. The molecule has 0 unspecified atom stereocenters. The standard InChI is InChI=1S/C23H22FN5O2/c1-2-14-31-19-11-5-16(6-12-19)23(30)27-13-3-4-21-20(15-25)22(26)29(28-21)18-9-7-17(24)8-10-18/h2,5-12H,1,3-4,13-14,26H2,(H,27,30). The van der Waals surface area contributed by atoms with Crippen molar-refractivity contribution in [1.29, 1.82) is 5.26 Å². The van der Waals surface area contributed by atoms with E-state index >= 15 is 0 Å². The minimum atomic E-state index is -0.370. The van der Waals surface area contributed by atoms with Crippen LogP contribution in [0.4, 0.5) is 10.2 Å². The lowest BCUT2D eigenvalue weighted by Gasteiger charge is -2.06. The van der Waals surface area contributed by atoms with E-state index in [-0.39, 0.29) is 23.1 Å². The molecule has 0 atom stereocenters. The third-order valence-electron chi connectivity index (χ3n) is 4.54. The van der Waals surface area contributed by atoms with Crippen molar-refractivity contribution in [2.24, 2.45) is 0 Å². The first-order chi connectivity index (χ1) is 15.0. The summed E-state index contributed by atoms with van der Waals surface area (Å²) in [7, 11) is 0. The van der Waals surface area contributed by atoms with Gasteiger partial charge in [0.05, 0.1) is 11.4 Å². The Bertz CT molecular complexity index is 1100. The second kappa shape index (κ2) is 10.1. The number of aryl methyl sites for hydroxylation is 1. The first kappa shape index (κ1) is 21.6. The number of halogens is 1. The van der Waals surface area contributed by atoms with E-state index < -0.39 is 0 Å². The summed E-state index contributed by atoms with van der Waals surface area (Å²) in [5.74, 6) is 0.290. The van der Waals surface area contributed by atoms with Gasteiger partial charge in [0.1, 0.15) is 35.6 Å². The van der Waals surface area contributed by atoms with E-state index in [0.717, 1.165) is 0 Å². The first-order valence-corrected chi connectivity index (χ1v) is 9.69. The van der Waals surface area contributed by atoms with Crippen molar-refractivity contribution in [2.75, 3.05) is 18.9 Å². The van der Waals surface area contributed by atoms with Crippen LogP contribution in [0, 0.1) is 17.1 Å². The zero-order chi connectivity index (χ0) is 22.2. The molecule has 1 aromatic heterocycles. The molecule has 3 rings (SSSR count). The Hall–Kier alpha value is -4.12. The monoisotopic (exact) mass is 419 g/mol. The molecule has 0 aliphatic heterocycles. The second-order valence-electron chi connectivity index (χ2n) is 6.69. The van der Waals surface area contributed by atoms with Crippen molar-refractivity contribution in [1.82, 2.24) is 15.1 Å². The van der Waals surface area contributed by atoms with E-state index in [0.29, 0.717) is 48.7 Å². The number of carbonyl (C=O) groups excluding carboxylic acids is 1. The largest absolute Gasteiger partial charge is 0.490 e. The molecule has 3 aromatic rings. The number of ether oxygens (including phenoxy) is 1. The van der Waals surface area contributed by atoms with Crippen LogP contribution in [0.25, 0.3) is 5.69 Å². The average molecular weight is 419 g/mol. The number of amides is 1. The predicted octanol–water partition coefficient (Wildman–Crippen LogP) is 3.39. The highest BCUT2D eigenvalue weighted by atomic mass is 19.1. The lowest BCUT2D eigenvalue weighted by atomic mass is 10.1. The molecule has 1 amide bonds. The van der Waals surface area contributed by atoms with Crippen molar-refractivity contribution in [2.45, 2.75) is 12.8 Å². The van der Waals surface area contributed by atoms with Crippen LogP contribution in [0.3, 0.4) is 0 Å². The third-order valence-corrected chi connectivity index (χ3v) is 4.54. The van der Waals surface area contributed by atoms with Gasteiger partial charge in [-0.15, -0.1) is 0 Å². The van der Waals surface area contributed by atoms with Gasteiger partial charge in [-0.25, -0.2) is 9.07 Å². The molecule has 0 saturated carbocycles. The predicted molar refractivity (Wildman–Crippen MR) is 115 cm³/mol. The van der Waals surface area contributed by atoms with Gasteiger partial charge in [0, 0.05) is 12.1 Å².